The van der Waals surface area contributed by atoms with Crippen LogP contribution in [0.25, 0.3) is 98.9 Å². The average Bonchev–Trinajstić information content (AvgIpc) is 3.76. The number of fused-ring (bicyclic) bond motifs is 13. The van der Waals surface area contributed by atoms with Gasteiger partial charge in [-0.05, 0) is 35.7 Å². The summed E-state index contributed by atoms with van der Waals surface area (Å²) in [5.74, 6) is 0.637. The molecule has 5 nitrogen and oxygen atoms in total. The first kappa shape index (κ1) is 24.0. The Bertz CT molecular complexity index is 3020. The van der Waals surface area contributed by atoms with Crippen LogP contribution in [-0.4, -0.2) is 23.9 Å². The summed E-state index contributed by atoms with van der Waals surface area (Å²) >= 11 is 0. The molecule has 0 saturated carbocycles. The van der Waals surface area contributed by atoms with E-state index in [1.54, 1.807) is 0 Å². The Morgan fingerprint density at radius 3 is 2.13 bits per heavy atom. The number of aromatic nitrogens is 5. The molecule has 0 aliphatic heterocycles. The standard InChI is InChI=1S/C41H23N5/c1-2-12-25(13-3-1)37-38-31(17-10-22-42-38)43-41(44-37)45-33-19-9-7-16-28(33)35-34(45)23-30-27-15-6-8-18-32(27)46-39-26-14-5-4-11-24(26)20-21-29(39)36(35)40(30)46/h1-23H. The number of pyridine rings is 1. The van der Waals surface area contributed by atoms with E-state index < -0.39 is 0 Å². The van der Waals surface area contributed by atoms with Gasteiger partial charge in [0.1, 0.15) is 11.2 Å². The van der Waals surface area contributed by atoms with Crippen LogP contribution in [0.4, 0.5) is 0 Å². The second-order valence-corrected chi connectivity index (χ2v) is 12.0. The van der Waals surface area contributed by atoms with Gasteiger partial charge in [-0.1, -0.05) is 103 Å². The lowest BCUT2D eigenvalue weighted by molar-refractivity contribution is 1.01. The molecule has 0 spiro atoms. The minimum absolute atomic E-state index is 0.637. The zero-order valence-electron chi connectivity index (χ0n) is 24.5. The van der Waals surface area contributed by atoms with E-state index >= 15 is 0 Å². The quantitative estimate of drug-likeness (QED) is 0.203. The molecular weight excluding hydrogens is 562 g/mol. The van der Waals surface area contributed by atoms with Gasteiger partial charge in [-0.2, -0.15) is 0 Å². The zero-order chi connectivity index (χ0) is 29.9. The van der Waals surface area contributed by atoms with Crippen molar-refractivity contribution in [1.82, 2.24) is 23.9 Å². The number of hydrogen-bond donors (Lipinski definition) is 0. The molecule has 5 aromatic heterocycles. The summed E-state index contributed by atoms with van der Waals surface area (Å²) in [5, 5.41) is 9.90. The molecule has 0 saturated heterocycles. The van der Waals surface area contributed by atoms with Crippen LogP contribution >= 0.6 is 0 Å². The largest absolute Gasteiger partial charge is 0.307 e. The van der Waals surface area contributed by atoms with Gasteiger partial charge in [0.05, 0.1) is 33.1 Å². The molecule has 0 amide bonds. The van der Waals surface area contributed by atoms with Crippen molar-refractivity contribution in [1.29, 1.82) is 0 Å². The first-order valence-electron chi connectivity index (χ1n) is 15.6. The monoisotopic (exact) mass is 585 g/mol. The molecule has 0 atom stereocenters. The Labute approximate surface area is 261 Å². The van der Waals surface area contributed by atoms with Crippen molar-refractivity contribution in [3.63, 3.8) is 0 Å². The molecule has 46 heavy (non-hydrogen) atoms. The fraction of sp³-hybridized carbons (Fsp3) is 0. The van der Waals surface area contributed by atoms with Crippen molar-refractivity contribution in [3.05, 3.63) is 140 Å². The third-order valence-electron chi connectivity index (χ3n) is 9.68. The highest BCUT2D eigenvalue weighted by atomic mass is 15.2. The molecule has 11 aromatic rings. The third kappa shape index (κ3) is 2.97. The number of rotatable bonds is 2. The topological polar surface area (TPSA) is 48.0 Å². The molecular formula is C41H23N5. The maximum atomic E-state index is 5.28. The minimum atomic E-state index is 0.637. The van der Waals surface area contributed by atoms with Gasteiger partial charge < -0.3 is 4.40 Å². The van der Waals surface area contributed by atoms with Crippen LogP contribution in [0.1, 0.15) is 0 Å². The van der Waals surface area contributed by atoms with Gasteiger partial charge in [0, 0.05) is 49.5 Å². The summed E-state index contributed by atoms with van der Waals surface area (Å²) in [6, 6.07) is 47.4. The highest BCUT2D eigenvalue weighted by molar-refractivity contribution is 6.37. The Kier molecular flexibility index (Phi) is 4.52. The molecule has 0 aliphatic rings. The normalized spacial score (nSPS) is 12.3. The summed E-state index contributed by atoms with van der Waals surface area (Å²) in [4.78, 5) is 15.2. The van der Waals surface area contributed by atoms with Crippen LogP contribution in [0, 0.1) is 0 Å². The van der Waals surface area contributed by atoms with Gasteiger partial charge in [0.2, 0.25) is 5.95 Å². The Morgan fingerprint density at radius 1 is 0.478 bits per heavy atom. The molecule has 0 bridgehead atoms. The van der Waals surface area contributed by atoms with Crippen LogP contribution in [0.5, 0.6) is 0 Å². The van der Waals surface area contributed by atoms with Gasteiger partial charge in [0.25, 0.3) is 0 Å². The van der Waals surface area contributed by atoms with Crippen molar-refractivity contribution >= 4 is 81.7 Å². The maximum absolute atomic E-state index is 5.28. The van der Waals surface area contributed by atoms with E-state index in [0.29, 0.717) is 5.95 Å². The Hall–Kier alpha value is -6.33. The molecule has 0 N–H and O–H groups in total. The molecule has 0 aliphatic carbocycles. The summed E-state index contributed by atoms with van der Waals surface area (Å²) in [6.45, 7) is 0. The van der Waals surface area contributed by atoms with E-state index in [-0.39, 0.29) is 0 Å². The van der Waals surface area contributed by atoms with E-state index in [1.165, 1.54) is 59.6 Å². The third-order valence-corrected chi connectivity index (χ3v) is 9.68. The van der Waals surface area contributed by atoms with Crippen LogP contribution < -0.4 is 0 Å². The van der Waals surface area contributed by atoms with Gasteiger partial charge in [-0.3, -0.25) is 9.55 Å². The molecule has 212 valence electrons. The average molecular weight is 586 g/mol. The van der Waals surface area contributed by atoms with Crippen molar-refractivity contribution in [2.24, 2.45) is 0 Å². The lowest BCUT2D eigenvalue weighted by Gasteiger charge is -2.11. The van der Waals surface area contributed by atoms with Gasteiger partial charge in [-0.25, -0.2) is 9.97 Å². The summed E-state index contributed by atoms with van der Waals surface area (Å²) in [7, 11) is 0. The van der Waals surface area contributed by atoms with Crippen molar-refractivity contribution < 1.29 is 0 Å². The van der Waals surface area contributed by atoms with Crippen molar-refractivity contribution in [3.8, 4) is 17.2 Å². The summed E-state index contributed by atoms with van der Waals surface area (Å²) < 4.78 is 4.75. The van der Waals surface area contributed by atoms with E-state index in [2.05, 4.69) is 112 Å². The van der Waals surface area contributed by atoms with Crippen molar-refractivity contribution in [2.45, 2.75) is 0 Å². The van der Waals surface area contributed by atoms with Crippen LogP contribution in [0.3, 0.4) is 0 Å². The van der Waals surface area contributed by atoms with E-state index in [4.69, 9.17) is 15.0 Å². The predicted octanol–water partition coefficient (Wildman–Crippen LogP) is 10.1. The summed E-state index contributed by atoms with van der Waals surface area (Å²) in [6.07, 6.45) is 1.81. The highest BCUT2D eigenvalue weighted by Gasteiger charge is 2.26. The van der Waals surface area contributed by atoms with E-state index in [9.17, 15) is 0 Å². The first-order chi connectivity index (χ1) is 22.8. The molecule has 5 heterocycles. The van der Waals surface area contributed by atoms with Crippen LogP contribution in [-0.2, 0) is 0 Å². The lowest BCUT2D eigenvalue weighted by Crippen LogP contribution is -2.04. The molecule has 0 radical (unpaired) electrons. The van der Waals surface area contributed by atoms with E-state index in [0.717, 1.165) is 33.3 Å². The number of hydrogen-bond acceptors (Lipinski definition) is 3. The zero-order valence-corrected chi connectivity index (χ0v) is 24.5. The number of nitrogens with zero attached hydrogens (tertiary/aromatic N) is 5. The van der Waals surface area contributed by atoms with Gasteiger partial charge >= 0.3 is 0 Å². The smallest absolute Gasteiger partial charge is 0.235 e. The molecule has 6 aromatic carbocycles. The maximum Gasteiger partial charge on any atom is 0.235 e. The SMILES string of the molecule is c1ccc(-c2nc(-n3c4ccccc4c4c5c6ccc7ccccc7c6n6c7ccccc7c(cc43)c56)nc3cccnc23)cc1. The highest BCUT2D eigenvalue weighted by Crippen LogP contribution is 2.47. The summed E-state index contributed by atoms with van der Waals surface area (Å²) in [5.41, 5.74) is 9.35. The number of benzene rings is 6. The second kappa shape index (κ2) is 8.65. The second-order valence-electron chi connectivity index (χ2n) is 12.0. The Balaban J connectivity index is 1.39. The lowest BCUT2D eigenvalue weighted by atomic mass is 10.0. The van der Waals surface area contributed by atoms with Gasteiger partial charge in [-0.15, -0.1) is 0 Å². The van der Waals surface area contributed by atoms with Crippen LogP contribution in [0.2, 0.25) is 0 Å². The van der Waals surface area contributed by atoms with E-state index in [1.807, 2.05) is 36.5 Å². The molecule has 0 unspecified atom stereocenters. The fourth-order valence-electron chi connectivity index (χ4n) is 7.83. The predicted molar refractivity (Wildman–Crippen MR) is 189 cm³/mol. The van der Waals surface area contributed by atoms with Gasteiger partial charge in [0.15, 0.2) is 0 Å². The molecule has 11 rings (SSSR count). The minimum Gasteiger partial charge on any atom is -0.307 e. The Morgan fingerprint density at radius 2 is 1.24 bits per heavy atom. The van der Waals surface area contributed by atoms with Crippen LogP contribution in [0.15, 0.2) is 140 Å². The first-order valence-corrected chi connectivity index (χ1v) is 15.6. The molecule has 5 heteroatoms. The fourth-order valence-corrected chi connectivity index (χ4v) is 7.83. The van der Waals surface area contributed by atoms with Crippen molar-refractivity contribution in [2.75, 3.05) is 0 Å². The molecule has 0 fully saturated rings. The number of para-hydroxylation sites is 2.